The maximum Gasteiger partial charge on any atom is 0.223 e. The Kier molecular flexibility index (Phi) is 4.70. The van der Waals surface area contributed by atoms with Crippen LogP contribution < -0.4 is 5.32 Å². The van der Waals surface area contributed by atoms with Crippen LogP contribution in [0.3, 0.4) is 0 Å². The van der Waals surface area contributed by atoms with Crippen LogP contribution in [0.15, 0.2) is 60.7 Å². The van der Waals surface area contributed by atoms with Gasteiger partial charge in [0.25, 0.3) is 0 Å². The summed E-state index contributed by atoms with van der Waals surface area (Å²) < 4.78 is 0. The first-order valence-corrected chi connectivity index (χ1v) is 6.29. The summed E-state index contributed by atoms with van der Waals surface area (Å²) in [5.41, 5.74) is 1.81. The van der Waals surface area contributed by atoms with Crippen molar-refractivity contribution in [3.63, 3.8) is 0 Å². The van der Waals surface area contributed by atoms with E-state index in [9.17, 15) is 9.90 Å². The van der Waals surface area contributed by atoms with E-state index in [0.29, 0.717) is 6.54 Å². The lowest BCUT2D eigenvalue weighted by atomic mass is 10.1. The van der Waals surface area contributed by atoms with Gasteiger partial charge in [0.15, 0.2) is 0 Å². The van der Waals surface area contributed by atoms with Crippen LogP contribution in [0.25, 0.3) is 0 Å². The highest BCUT2D eigenvalue weighted by molar-refractivity contribution is 5.76. The van der Waals surface area contributed by atoms with Crippen molar-refractivity contribution in [2.45, 2.75) is 19.1 Å². The van der Waals surface area contributed by atoms with Gasteiger partial charge in [-0.05, 0) is 11.1 Å². The molecular weight excluding hydrogens is 238 g/mol. The Hall–Kier alpha value is -2.13. The van der Waals surface area contributed by atoms with Crippen LogP contribution in [0.4, 0.5) is 0 Å². The van der Waals surface area contributed by atoms with Crippen molar-refractivity contribution in [3.8, 4) is 0 Å². The third-order valence-electron chi connectivity index (χ3n) is 2.90. The van der Waals surface area contributed by atoms with Crippen LogP contribution in [0.5, 0.6) is 0 Å². The second-order valence-corrected chi connectivity index (χ2v) is 4.39. The van der Waals surface area contributed by atoms with E-state index < -0.39 is 6.10 Å². The molecule has 0 radical (unpaired) electrons. The molecule has 3 nitrogen and oxygen atoms in total. The molecule has 0 bridgehead atoms. The van der Waals surface area contributed by atoms with Crippen molar-refractivity contribution in [3.05, 3.63) is 71.8 Å². The Morgan fingerprint density at radius 1 is 1.00 bits per heavy atom. The second kappa shape index (κ2) is 6.71. The lowest BCUT2D eigenvalue weighted by molar-refractivity contribution is -0.123. The van der Waals surface area contributed by atoms with E-state index in [-0.39, 0.29) is 12.3 Å². The summed E-state index contributed by atoms with van der Waals surface area (Å²) in [4.78, 5) is 11.7. The van der Waals surface area contributed by atoms with E-state index in [0.717, 1.165) is 11.1 Å². The molecule has 0 spiro atoms. The molecule has 0 saturated heterocycles. The fourth-order valence-corrected chi connectivity index (χ4v) is 1.84. The number of carbonyl (C=O) groups excluding carboxylic acids is 1. The standard InChI is InChI=1S/C16H17NO2/c18-15(14-9-5-2-6-10-14)11-16(19)17-12-13-7-3-1-4-8-13/h1-10,15,18H,11-12H2,(H,17,19). The summed E-state index contributed by atoms with van der Waals surface area (Å²) >= 11 is 0. The minimum Gasteiger partial charge on any atom is -0.388 e. The average molecular weight is 255 g/mol. The smallest absolute Gasteiger partial charge is 0.223 e. The number of carbonyl (C=O) groups is 1. The Bertz CT molecular complexity index is 511. The molecule has 2 N–H and O–H groups in total. The van der Waals surface area contributed by atoms with Gasteiger partial charge >= 0.3 is 0 Å². The van der Waals surface area contributed by atoms with Crippen molar-refractivity contribution < 1.29 is 9.90 Å². The molecule has 0 heterocycles. The van der Waals surface area contributed by atoms with Gasteiger partial charge in [-0.15, -0.1) is 0 Å². The minimum absolute atomic E-state index is 0.0802. The zero-order valence-electron chi connectivity index (χ0n) is 10.6. The van der Waals surface area contributed by atoms with Gasteiger partial charge in [0.05, 0.1) is 12.5 Å². The maximum atomic E-state index is 11.7. The van der Waals surface area contributed by atoms with Crippen LogP contribution >= 0.6 is 0 Å². The van der Waals surface area contributed by atoms with Gasteiger partial charge in [-0.3, -0.25) is 4.79 Å². The molecule has 1 unspecified atom stereocenters. The van der Waals surface area contributed by atoms with E-state index in [1.54, 1.807) is 0 Å². The lowest BCUT2D eigenvalue weighted by Gasteiger charge is -2.11. The van der Waals surface area contributed by atoms with Crippen molar-refractivity contribution in [1.82, 2.24) is 5.32 Å². The number of aliphatic hydroxyl groups excluding tert-OH is 1. The number of hydrogen-bond acceptors (Lipinski definition) is 2. The summed E-state index contributed by atoms with van der Waals surface area (Å²) in [5.74, 6) is -0.153. The fourth-order valence-electron chi connectivity index (χ4n) is 1.84. The van der Waals surface area contributed by atoms with E-state index in [2.05, 4.69) is 5.32 Å². The van der Waals surface area contributed by atoms with Crippen molar-refractivity contribution in [1.29, 1.82) is 0 Å². The van der Waals surface area contributed by atoms with E-state index >= 15 is 0 Å². The predicted molar refractivity (Wildman–Crippen MR) is 74.3 cm³/mol. The molecule has 2 aromatic carbocycles. The first-order valence-electron chi connectivity index (χ1n) is 6.29. The van der Waals surface area contributed by atoms with Crippen molar-refractivity contribution >= 4 is 5.91 Å². The molecule has 0 aliphatic carbocycles. The number of hydrogen-bond donors (Lipinski definition) is 2. The van der Waals surface area contributed by atoms with E-state index in [4.69, 9.17) is 0 Å². The van der Waals surface area contributed by atoms with Gasteiger partial charge in [-0.25, -0.2) is 0 Å². The molecule has 0 fully saturated rings. The highest BCUT2D eigenvalue weighted by Crippen LogP contribution is 2.15. The Morgan fingerprint density at radius 3 is 2.21 bits per heavy atom. The molecule has 19 heavy (non-hydrogen) atoms. The lowest BCUT2D eigenvalue weighted by Crippen LogP contribution is -2.24. The number of amides is 1. The van der Waals surface area contributed by atoms with Gasteiger partial charge in [0.2, 0.25) is 5.91 Å². The second-order valence-electron chi connectivity index (χ2n) is 4.39. The summed E-state index contributed by atoms with van der Waals surface area (Å²) in [6, 6.07) is 18.9. The molecular formula is C16H17NO2. The zero-order chi connectivity index (χ0) is 13.5. The summed E-state index contributed by atoms with van der Waals surface area (Å²) in [6.07, 6.45) is -0.673. The molecule has 98 valence electrons. The highest BCUT2D eigenvalue weighted by atomic mass is 16.3. The van der Waals surface area contributed by atoms with Gasteiger partial charge < -0.3 is 10.4 Å². The Morgan fingerprint density at radius 2 is 1.58 bits per heavy atom. The SMILES string of the molecule is O=C(CC(O)c1ccccc1)NCc1ccccc1. The number of benzene rings is 2. The summed E-state index contributed by atoms with van der Waals surface area (Å²) in [6.45, 7) is 0.487. The minimum atomic E-state index is -0.753. The highest BCUT2D eigenvalue weighted by Gasteiger charge is 2.12. The molecule has 2 rings (SSSR count). The third-order valence-corrected chi connectivity index (χ3v) is 2.90. The van der Waals surface area contributed by atoms with Crippen LogP contribution in [-0.4, -0.2) is 11.0 Å². The number of rotatable bonds is 5. The zero-order valence-corrected chi connectivity index (χ0v) is 10.6. The molecule has 1 amide bonds. The summed E-state index contributed by atoms with van der Waals surface area (Å²) in [7, 11) is 0. The number of nitrogens with one attached hydrogen (secondary N) is 1. The third kappa shape index (κ3) is 4.23. The van der Waals surface area contributed by atoms with Gasteiger partial charge in [-0.2, -0.15) is 0 Å². The molecule has 0 aliphatic rings. The number of aliphatic hydroxyl groups is 1. The van der Waals surface area contributed by atoms with E-state index in [1.165, 1.54) is 0 Å². The summed E-state index contributed by atoms with van der Waals surface area (Å²) in [5, 5.41) is 12.7. The van der Waals surface area contributed by atoms with Crippen LogP contribution in [0.1, 0.15) is 23.7 Å². The molecule has 2 aromatic rings. The largest absolute Gasteiger partial charge is 0.388 e. The maximum absolute atomic E-state index is 11.7. The molecule has 3 heteroatoms. The average Bonchev–Trinajstić information content (AvgIpc) is 2.47. The Balaban J connectivity index is 1.82. The first-order chi connectivity index (χ1) is 9.25. The van der Waals surface area contributed by atoms with Crippen LogP contribution in [-0.2, 0) is 11.3 Å². The fraction of sp³-hybridized carbons (Fsp3) is 0.188. The van der Waals surface area contributed by atoms with Gasteiger partial charge in [0.1, 0.15) is 0 Å². The van der Waals surface area contributed by atoms with Crippen molar-refractivity contribution in [2.24, 2.45) is 0 Å². The monoisotopic (exact) mass is 255 g/mol. The molecule has 0 aliphatic heterocycles. The van der Waals surface area contributed by atoms with E-state index in [1.807, 2.05) is 60.7 Å². The van der Waals surface area contributed by atoms with Gasteiger partial charge in [0, 0.05) is 6.54 Å². The van der Waals surface area contributed by atoms with Crippen LogP contribution in [0, 0.1) is 0 Å². The quantitative estimate of drug-likeness (QED) is 0.862. The molecule has 1 atom stereocenters. The predicted octanol–water partition coefficient (Wildman–Crippen LogP) is 2.43. The van der Waals surface area contributed by atoms with Crippen molar-refractivity contribution in [2.75, 3.05) is 0 Å². The van der Waals surface area contributed by atoms with Crippen LogP contribution in [0.2, 0.25) is 0 Å². The normalized spacial score (nSPS) is 11.8. The molecule has 0 aromatic heterocycles. The molecule has 0 saturated carbocycles. The topological polar surface area (TPSA) is 49.3 Å². The first kappa shape index (κ1) is 13.3. The Labute approximate surface area is 112 Å². The van der Waals surface area contributed by atoms with Gasteiger partial charge in [-0.1, -0.05) is 60.7 Å².